The van der Waals surface area contributed by atoms with Gasteiger partial charge >= 0.3 is 5.97 Å². The molecule has 5 heteroatoms. The number of rotatable bonds is 3. The van der Waals surface area contributed by atoms with Crippen molar-refractivity contribution in [1.82, 2.24) is 0 Å². The molecule has 0 aromatic heterocycles. The molecule has 0 aliphatic heterocycles. The Hall–Kier alpha value is -0.910. The van der Waals surface area contributed by atoms with Gasteiger partial charge in [0, 0.05) is 5.41 Å². The van der Waals surface area contributed by atoms with Gasteiger partial charge in [-0.3, -0.25) is 4.79 Å². The third-order valence-corrected chi connectivity index (χ3v) is 14.0. The van der Waals surface area contributed by atoms with E-state index >= 15 is 0 Å². The van der Waals surface area contributed by atoms with Gasteiger partial charge in [0.1, 0.15) is 6.10 Å². The monoisotopic (exact) mass is 530 g/mol. The zero-order chi connectivity index (χ0) is 28.1. The molecule has 0 aromatic carbocycles. The first-order valence-electron chi connectivity index (χ1n) is 15.6. The number of carbonyl (C=O) groups excluding carboxylic acids is 1. The van der Waals surface area contributed by atoms with Crippen LogP contribution in [0.25, 0.3) is 0 Å². The third-order valence-electron chi connectivity index (χ3n) is 14.0. The van der Waals surface area contributed by atoms with Crippen molar-refractivity contribution in [2.75, 3.05) is 6.61 Å². The molecule has 4 saturated carbocycles. The highest BCUT2D eigenvalue weighted by Crippen LogP contribution is 2.75. The Kier molecular flexibility index (Phi) is 6.81. The van der Waals surface area contributed by atoms with Gasteiger partial charge < -0.3 is 20.1 Å². The molecule has 0 radical (unpaired) electrons. The molecule has 3 N–H and O–H groups in total. The molecule has 0 saturated heterocycles. The van der Waals surface area contributed by atoms with E-state index in [1.54, 1.807) is 0 Å². The van der Waals surface area contributed by atoms with Crippen LogP contribution in [0.15, 0.2) is 11.6 Å². The SMILES string of the molecule is CCCOC(=O)[C@]12CC[C@@H](C)[C@H](C)[C@H]1C1=CC[C@@H]3[C@@]4(C)[C@@H](O)[C@H](O)[C@H](O)C(C)(C)[C@@H]4CC[C@@]3(C)[C@]1(C)CC2. The van der Waals surface area contributed by atoms with Gasteiger partial charge in [0.25, 0.3) is 0 Å². The van der Waals surface area contributed by atoms with Gasteiger partial charge in [0.2, 0.25) is 0 Å². The minimum atomic E-state index is -1.14. The van der Waals surface area contributed by atoms with Gasteiger partial charge in [-0.2, -0.15) is 0 Å². The summed E-state index contributed by atoms with van der Waals surface area (Å²) in [6.45, 7) is 18.5. The number of carbonyl (C=O) groups is 1. The summed E-state index contributed by atoms with van der Waals surface area (Å²) in [7, 11) is 0. The number of fused-ring (bicyclic) bond motifs is 7. The lowest BCUT2D eigenvalue weighted by Crippen LogP contribution is -2.72. The van der Waals surface area contributed by atoms with Crippen molar-refractivity contribution in [3.05, 3.63) is 11.6 Å². The van der Waals surface area contributed by atoms with Crippen LogP contribution < -0.4 is 0 Å². The first kappa shape index (κ1) is 28.6. The van der Waals surface area contributed by atoms with E-state index in [0.29, 0.717) is 18.4 Å². The van der Waals surface area contributed by atoms with E-state index in [9.17, 15) is 20.1 Å². The van der Waals surface area contributed by atoms with Crippen LogP contribution >= 0.6 is 0 Å². The maximum absolute atomic E-state index is 13.8. The number of hydrogen-bond donors (Lipinski definition) is 3. The molecule has 0 unspecified atom stereocenters. The maximum atomic E-state index is 13.8. The van der Waals surface area contributed by atoms with Crippen LogP contribution in [-0.4, -0.2) is 46.2 Å². The van der Waals surface area contributed by atoms with Crippen LogP contribution in [0.2, 0.25) is 0 Å². The molecule has 0 amide bonds. The fraction of sp³-hybridized carbons (Fsp3) is 0.909. The van der Waals surface area contributed by atoms with Crippen molar-refractivity contribution in [3.8, 4) is 0 Å². The zero-order valence-electron chi connectivity index (χ0n) is 25.2. The molecule has 5 aliphatic carbocycles. The molecule has 216 valence electrons. The first-order valence-corrected chi connectivity index (χ1v) is 15.6. The Morgan fingerprint density at radius 2 is 1.63 bits per heavy atom. The summed E-state index contributed by atoms with van der Waals surface area (Å²) in [6, 6.07) is 0. The van der Waals surface area contributed by atoms with Crippen molar-refractivity contribution in [2.45, 2.75) is 125 Å². The molecule has 0 bridgehead atoms. The summed E-state index contributed by atoms with van der Waals surface area (Å²) >= 11 is 0. The van der Waals surface area contributed by atoms with Crippen molar-refractivity contribution in [1.29, 1.82) is 0 Å². The van der Waals surface area contributed by atoms with E-state index in [1.807, 2.05) is 0 Å². The van der Waals surface area contributed by atoms with Gasteiger partial charge in [-0.15, -0.1) is 0 Å². The second-order valence-electron chi connectivity index (χ2n) is 15.5. The van der Waals surface area contributed by atoms with Crippen molar-refractivity contribution >= 4 is 5.97 Å². The second-order valence-corrected chi connectivity index (χ2v) is 15.5. The zero-order valence-corrected chi connectivity index (χ0v) is 25.2. The fourth-order valence-electron chi connectivity index (χ4n) is 11.2. The van der Waals surface area contributed by atoms with Crippen LogP contribution in [0.4, 0.5) is 0 Å². The minimum absolute atomic E-state index is 0.0237. The average Bonchev–Trinajstić information content (AvgIpc) is 2.87. The van der Waals surface area contributed by atoms with Crippen molar-refractivity contribution in [3.63, 3.8) is 0 Å². The Labute approximate surface area is 230 Å². The Balaban J connectivity index is 1.61. The first-order chi connectivity index (χ1) is 17.6. The molecular formula is C33H54O5. The van der Waals surface area contributed by atoms with Gasteiger partial charge in [-0.05, 0) is 97.2 Å². The Bertz CT molecular complexity index is 988. The average molecular weight is 531 g/mol. The summed E-state index contributed by atoms with van der Waals surface area (Å²) < 4.78 is 5.91. The predicted octanol–water partition coefficient (Wildman–Crippen LogP) is 5.90. The maximum Gasteiger partial charge on any atom is 0.312 e. The minimum Gasteiger partial charge on any atom is -0.465 e. The molecule has 5 rings (SSSR count). The number of ether oxygens (including phenoxy) is 1. The third kappa shape index (κ3) is 3.36. The van der Waals surface area contributed by atoms with Gasteiger partial charge in [-0.1, -0.05) is 67.0 Å². The van der Waals surface area contributed by atoms with Crippen LogP contribution in [0.3, 0.4) is 0 Å². The molecular weight excluding hydrogens is 476 g/mol. The molecule has 12 atom stereocenters. The van der Waals surface area contributed by atoms with Crippen molar-refractivity contribution in [2.24, 2.45) is 56.7 Å². The fourth-order valence-corrected chi connectivity index (χ4v) is 11.2. The number of hydrogen-bond acceptors (Lipinski definition) is 5. The van der Waals surface area contributed by atoms with E-state index in [1.165, 1.54) is 5.57 Å². The lowest BCUT2D eigenvalue weighted by molar-refractivity contribution is -0.278. The van der Waals surface area contributed by atoms with E-state index in [0.717, 1.165) is 51.4 Å². The largest absolute Gasteiger partial charge is 0.465 e. The quantitative estimate of drug-likeness (QED) is 0.312. The standard InChI is InChI=1S/C33H54O5/c1-9-18-38-28(37)33-15-12-19(2)20(3)24(33)21-10-11-23-31(7,30(21,6)16-17-33)14-13-22-29(4,5)26(35)25(34)27(36)32(22,23)8/h10,19-20,22-27,34-36H,9,11-18H2,1-8H3/t19-,20+,22+,23+,24+,25-,26+,27+,30-,31-,32+,33+/m1/s1. The van der Waals surface area contributed by atoms with E-state index in [2.05, 4.69) is 61.5 Å². The molecule has 5 nitrogen and oxygen atoms in total. The summed E-state index contributed by atoms with van der Waals surface area (Å²) in [5, 5.41) is 33.7. The number of aliphatic hydroxyl groups excluding tert-OH is 3. The van der Waals surface area contributed by atoms with E-state index < -0.39 is 34.6 Å². The molecule has 5 aliphatic rings. The normalized spacial score (nSPS) is 53.5. The lowest BCUT2D eigenvalue weighted by Gasteiger charge is -2.72. The molecule has 4 fully saturated rings. The van der Waals surface area contributed by atoms with Gasteiger partial charge in [0.05, 0.1) is 24.2 Å². The van der Waals surface area contributed by atoms with Crippen LogP contribution in [-0.2, 0) is 9.53 Å². The summed E-state index contributed by atoms with van der Waals surface area (Å²) in [4.78, 5) is 13.8. The van der Waals surface area contributed by atoms with Gasteiger partial charge in [-0.25, -0.2) is 0 Å². The van der Waals surface area contributed by atoms with Crippen LogP contribution in [0.5, 0.6) is 0 Å². The van der Waals surface area contributed by atoms with Gasteiger partial charge in [0.15, 0.2) is 0 Å². The number of allylic oxidation sites excluding steroid dienone is 2. The highest BCUT2D eigenvalue weighted by molar-refractivity contribution is 5.79. The summed E-state index contributed by atoms with van der Waals surface area (Å²) in [5.74, 6) is 1.50. The molecule has 0 aromatic rings. The predicted molar refractivity (Wildman–Crippen MR) is 149 cm³/mol. The summed E-state index contributed by atoms with van der Waals surface area (Å²) in [5.41, 5.74) is -0.0794. The molecule has 0 heterocycles. The van der Waals surface area contributed by atoms with Crippen molar-refractivity contribution < 1.29 is 24.9 Å². The lowest BCUT2D eigenvalue weighted by atomic mass is 9.33. The highest BCUT2D eigenvalue weighted by atomic mass is 16.5. The van der Waals surface area contributed by atoms with E-state index in [4.69, 9.17) is 4.74 Å². The topological polar surface area (TPSA) is 87.0 Å². The number of esters is 1. The number of aliphatic hydroxyl groups is 3. The Morgan fingerprint density at radius 3 is 2.29 bits per heavy atom. The Morgan fingerprint density at radius 1 is 0.947 bits per heavy atom. The summed E-state index contributed by atoms with van der Waals surface area (Å²) in [6.07, 6.45) is 6.90. The van der Waals surface area contributed by atoms with Crippen LogP contribution in [0.1, 0.15) is 107 Å². The van der Waals surface area contributed by atoms with E-state index in [-0.39, 0.29) is 34.6 Å². The molecule has 38 heavy (non-hydrogen) atoms. The smallest absolute Gasteiger partial charge is 0.312 e. The highest BCUT2D eigenvalue weighted by Gasteiger charge is 2.72. The second kappa shape index (κ2) is 9.05. The van der Waals surface area contributed by atoms with Crippen LogP contribution in [0, 0.1) is 56.7 Å². The molecule has 0 spiro atoms.